The molecule has 1 fully saturated rings. The molecule has 3 rings (SSSR count). The second-order valence-electron chi connectivity index (χ2n) is 8.05. The number of hydrogen-bond donors (Lipinski definition) is 1. The number of thioether (sulfide) groups is 1. The molecule has 144 valence electrons. The van der Waals surface area contributed by atoms with Crippen molar-refractivity contribution in [2.75, 3.05) is 11.1 Å². The Morgan fingerprint density at radius 1 is 1.22 bits per heavy atom. The van der Waals surface area contributed by atoms with E-state index < -0.39 is 18.3 Å². The maximum atomic E-state index is 11.5. The second kappa shape index (κ2) is 7.45. The lowest BCUT2D eigenvalue weighted by atomic mass is 9.78. The zero-order valence-corrected chi connectivity index (χ0v) is 17.4. The molecule has 2 aliphatic heterocycles. The van der Waals surface area contributed by atoms with Crippen molar-refractivity contribution in [1.82, 2.24) is 0 Å². The summed E-state index contributed by atoms with van der Waals surface area (Å²) in [7, 11) is -0.488. The molecule has 27 heavy (non-hydrogen) atoms. The van der Waals surface area contributed by atoms with Crippen molar-refractivity contribution in [3.63, 3.8) is 0 Å². The van der Waals surface area contributed by atoms with E-state index in [1.165, 1.54) is 11.8 Å². The third-order valence-corrected chi connectivity index (χ3v) is 6.26. The van der Waals surface area contributed by atoms with E-state index in [1.807, 2.05) is 45.9 Å². The highest BCUT2D eigenvalue weighted by Gasteiger charge is 2.52. The van der Waals surface area contributed by atoms with Crippen molar-refractivity contribution in [2.24, 2.45) is 0 Å². The summed E-state index contributed by atoms with van der Waals surface area (Å²) in [4.78, 5) is 23.0. The van der Waals surface area contributed by atoms with E-state index >= 15 is 0 Å². The summed E-state index contributed by atoms with van der Waals surface area (Å²) < 4.78 is 12.4. The molecule has 0 atom stereocenters. The number of benzene rings is 1. The van der Waals surface area contributed by atoms with Gasteiger partial charge in [-0.3, -0.25) is 9.59 Å². The van der Waals surface area contributed by atoms with Gasteiger partial charge in [-0.2, -0.15) is 0 Å². The Bertz CT molecular complexity index is 787. The maximum Gasteiger partial charge on any atom is 0.491 e. The minimum Gasteiger partial charge on any atom is -0.400 e. The number of hydrogen-bond acceptors (Lipinski definition) is 5. The van der Waals surface area contributed by atoms with Gasteiger partial charge in [0.2, 0.25) is 5.91 Å². The largest absolute Gasteiger partial charge is 0.491 e. The Labute approximate surface area is 165 Å². The van der Waals surface area contributed by atoms with Gasteiger partial charge in [0.05, 0.1) is 11.2 Å². The number of anilines is 1. The molecule has 0 spiro atoms. The van der Waals surface area contributed by atoms with E-state index in [1.54, 1.807) is 6.92 Å². The van der Waals surface area contributed by atoms with Crippen LogP contribution < -0.4 is 5.32 Å². The third kappa shape index (κ3) is 4.47. The number of carbonyl (C=O) groups is 2. The second-order valence-corrected chi connectivity index (χ2v) is 9.20. The first-order valence-electron chi connectivity index (χ1n) is 9.20. The van der Waals surface area contributed by atoms with Gasteiger partial charge >= 0.3 is 7.12 Å². The molecular formula is C20H26BNO4S. The molecule has 1 aromatic rings. The van der Waals surface area contributed by atoms with E-state index in [-0.39, 0.29) is 11.0 Å². The summed E-state index contributed by atoms with van der Waals surface area (Å²) in [5.74, 6) is 0.571. The molecule has 2 heterocycles. The van der Waals surface area contributed by atoms with E-state index in [4.69, 9.17) is 9.31 Å². The number of nitrogens with one attached hydrogen (secondary N) is 1. The molecule has 0 saturated carbocycles. The van der Waals surface area contributed by atoms with E-state index in [0.29, 0.717) is 12.2 Å². The van der Waals surface area contributed by atoms with Crippen LogP contribution in [0.3, 0.4) is 0 Å². The van der Waals surface area contributed by atoms with Crippen LogP contribution in [0.25, 0.3) is 6.08 Å². The van der Waals surface area contributed by atoms with E-state index in [0.717, 1.165) is 28.7 Å². The minimum atomic E-state index is -0.488. The molecule has 0 radical (unpaired) electrons. The van der Waals surface area contributed by atoms with Crippen molar-refractivity contribution in [3.8, 4) is 0 Å². The molecule has 7 heteroatoms. The molecule has 0 bridgehead atoms. The highest BCUT2D eigenvalue weighted by Crippen LogP contribution is 2.39. The smallest absolute Gasteiger partial charge is 0.400 e. The first-order valence-corrected chi connectivity index (χ1v) is 10.2. The molecule has 1 amide bonds. The van der Waals surface area contributed by atoms with Crippen molar-refractivity contribution in [1.29, 1.82) is 0 Å². The molecule has 0 unspecified atom stereocenters. The van der Waals surface area contributed by atoms with Gasteiger partial charge in [0.15, 0.2) is 5.12 Å². The van der Waals surface area contributed by atoms with Crippen molar-refractivity contribution < 1.29 is 18.9 Å². The van der Waals surface area contributed by atoms with Crippen molar-refractivity contribution in [3.05, 3.63) is 34.8 Å². The summed E-state index contributed by atoms with van der Waals surface area (Å²) in [5, 5.41) is 2.96. The predicted molar refractivity (Wildman–Crippen MR) is 111 cm³/mol. The van der Waals surface area contributed by atoms with Gasteiger partial charge in [-0.05, 0) is 62.8 Å². The summed E-state index contributed by atoms with van der Waals surface area (Å²) in [6, 6.07) is 5.98. The number of amides is 1. The summed E-state index contributed by atoms with van der Waals surface area (Å²) in [6.07, 6.45) is 3.27. The topological polar surface area (TPSA) is 64.6 Å². The fourth-order valence-electron chi connectivity index (χ4n) is 3.06. The highest BCUT2D eigenvalue weighted by molar-refractivity contribution is 8.13. The van der Waals surface area contributed by atoms with Crippen LogP contribution in [-0.4, -0.2) is 35.1 Å². The van der Waals surface area contributed by atoms with Gasteiger partial charge in [-0.15, -0.1) is 0 Å². The van der Waals surface area contributed by atoms with Gasteiger partial charge in [0.25, 0.3) is 0 Å². The molecule has 2 aliphatic rings. The zero-order valence-electron chi connectivity index (χ0n) is 16.5. The average Bonchev–Trinajstić information content (AvgIpc) is 2.79. The zero-order chi connectivity index (χ0) is 19.8. The lowest BCUT2D eigenvalue weighted by Crippen LogP contribution is -2.41. The van der Waals surface area contributed by atoms with Crippen LogP contribution in [0, 0.1) is 0 Å². The lowest BCUT2D eigenvalue weighted by Gasteiger charge is -2.32. The van der Waals surface area contributed by atoms with Gasteiger partial charge in [0.1, 0.15) is 0 Å². The highest BCUT2D eigenvalue weighted by atomic mass is 32.2. The summed E-state index contributed by atoms with van der Waals surface area (Å²) in [6.45, 7) is 9.64. The average molecular weight is 387 g/mol. The van der Waals surface area contributed by atoms with Crippen LogP contribution in [0.2, 0.25) is 0 Å². The molecule has 0 aliphatic carbocycles. The fraction of sp³-hybridized carbons (Fsp3) is 0.500. The Balaban J connectivity index is 1.89. The van der Waals surface area contributed by atoms with Crippen LogP contribution in [0.15, 0.2) is 23.7 Å². The first kappa shape index (κ1) is 20.2. The van der Waals surface area contributed by atoms with Crippen molar-refractivity contribution in [2.45, 2.75) is 58.7 Å². The van der Waals surface area contributed by atoms with Gasteiger partial charge in [-0.25, -0.2) is 0 Å². The Kier molecular flexibility index (Phi) is 5.57. The van der Waals surface area contributed by atoms with Gasteiger partial charge in [-0.1, -0.05) is 23.9 Å². The van der Waals surface area contributed by atoms with Crippen LogP contribution in [0.1, 0.15) is 52.2 Å². The SMILES string of the molecule is CC(=O)SCC(=Cc1ccc2c(c1)CCC(=O)N2)B1OC(C)(C)C(C)(C)O1. The minimum absolute atomic E-state index is 0.0570. The molecule has 1 saturated heterocycles. The lowest BCUT2D eigenvalue weighted by molar-refractivity contribution is -0.116. The Hall–Kier alpha value is -1.57. The van der Waals surface area contributed by atoms with E-state index in [2.05, 4.69) is 11.4 Å². The van der Waals surface area contributed by atoms with Gasteiger partial charge in [0, 0.05) is 24.8 Å². The van der Waals surface area contributed by atoms with Crippen LogP contribution >= 0.6 is 11.8 Å². The summed E-state index contributed by atoms with van der Waals surface area (Å²) >= 11 is 1.25. The third-order valence-electron chi connectivity index (χ3n) is 5.37. The Morgan fingerprint density at radius 3 is 2.52 bits per heavy atom. The monoisotopic (exact) mass is 387 g/mol. The van der Waals surface area contributed by atoms with Crippen LogP contribution in [0.5, 0.6) is 0 Å². The van der Waals surface area contributed by atoms with Gasteiger partial charge < -0.3 is 14.6 Å². The molecule has 1 N–H and O–H groups in total. The number of carbonyl (C=O) groups excluding carboxylic acids is 2. The number of aryl methyl sites for hydroxylation is 1. The van der Waals surface area contributed by atoms with E-state index in [9.17, 15) is 9.59 Å². The normalized spacial score (nSPS) is 21.0. The van der Waals surface area contributed by atoms with Crippen LogP contribution in [-0.2, 0) is 25.3 Å². The standard InChI is InChI=1S/C20H26BNO4S/c1-13(23)27-12-16(21-25-19(2,3)20(4,5)26-21)11-14-6-8-17-15(10-14)7-9-18(24)22-17/h6,8,10-11H,7,9,12H2,1-5H3,(H,22,24). The predicted octanol–water partition coefficient (Wildman–Crippen LogP) is 3.87. The molecule has 0 aromatic heterocycles. The van der Waals surface area contributed by atoms with Crippen LogP contribution in [0.4, 0.5) is 5.69 Å². The Morgan fingerprint density at radius 2 is 1.89 bits per heavy atom. The maximum absolute atomic E-state index is 11.5. The number of fused-ring (bicyclic) bond motifs is 1. The van der Waals surface area contributed by atoms with Crippen molar-refractivity contribution >= 4 is 41.7 Å². The first-order chi connectivity index (χ1) is 12.6. The molecule has 1 aromatic carbocycles. The fourth-order valence-corrected chi connectivity index (χ4v) is 3.65. The molecular weight excluding hydrogens is 361 g/mol. The molecule has 5 nitrogen and oxygen atoms in total. The number of rotatable bonds is 4. The summed E-state index contributed by atoms with van der Waals surface area (Å²) in [5.41, 5.74) is 3.07. The quantitative estimate of drug-likeness (QED) is 0.795.